The molecule has 4 rings (SSSR count). The number of anilines is 1. The lowest BCUT2D eigenvalue weighted by Crippen LogP contribution is -2.40. The van der Waals surface area contributed by atoms with Gasteiger partial charge in [0, 0.05) is 31.1 Å². The van der Waals surface area contributed by atoms with Crippen LogP contribution in [0.25, 0.3) is 16.3 Å². The molecular formula is C22H19F2N3O2S. The lowest BCUT2D eigenvalue weighted by atomic mass is 9.96. The van der Waals surface area contributed by atoms with E-state index in [1.165, 1.54) is 0 Å². The van der Waals surface area contributed by atoms with Gasteiger partial charge in [-0.25, -0.2) is 13.8 Å². The minimum absolute atomic E-state index is 0.0760. The van der Waals surface area contributed by atoms with Crippen LogP contribution in [-0.2, 0) is 9.59 Å². The quantitative estimate of drug-likeness (QED) is 0.625. The summed E-state index contributed by atoms with van der Waals surface area (Å²) in [6.07, 6.45) is 4.42. The van der Waals surface area contributed by atoms with Crippen molar-refractivity contribution in [2.45, 2.75) is 12.8 Å². The van der Waals surface area contributed by atoms with Gasteiger partial charge in [-0.2, -0.15) is 0 Å². The molecule has 30 heavy (non-hydrogen) atoms. The Labute approximate surface area is 176 Å². The van der Waals surface area contributed by atoms with Crippen molar-refractivity contribution in [2.24, 2.45) is 5.92 Å². The van der Waals surface area contributed by atoms with Crippen molar-refractivity contribution in [1.82, 2.24) is 9.88 Å². The van der Waals surface area contributed by atoms with Crippen molar-refractivity contribution in [2.75, 3.05) is 18.4 Å². The van der Waals surface area contributed by atoms with E-state index in [9.17, 15) is 18.4 Å². The molecule has 2 amide bonds. The maximum Gasteiger partial charge on any atom is 0.246 e. The van der Waals surface area contributed by atoms with E-state index in [1.54, 1.807) is 17.1 Å². The van der Waals surface area contributed by atoms with Gasteiger partial charge < -0.3 is 10.2 Å². The molecule has 0 spiro atoms. The second-order valence-electron chi connectivity index (χ2n) is 7.09. The lowest BCUT2D eigenvalue weighted by Gasteiger charge is -2.30. The summed E-state index contributed by atoms with van der Waals surface area (Å²) in [5, 5.41) is 3.05. The van der Waals surface area contributed by atoms with Crippen LogP contribution in [0.2, 0.25) is 0 Å². The Kier molecular flexibility index (Phi) is 5.85. The maximum absolute atomic E-state index is 13.3. The van der Waals surface area contributed by atoms with E-state index in [4.69, 9.17) is 0 Å². The summed E-state index contributed by atoms with van der Waals surface area (Å²) in [6.45, 7) is 0.985. The molecule has 5 nitrogen and oxygen atoms in total. The Morgan fingerprint density at radius 1 is 1.10 bits per heavy atom. The molecule has 2 heterocycles. The standard InChI is InChI=1S/C22H19F2N3O2S/c23-16-12-18-19(13-17(16)24)30-22(25-18)26-21(29)15-8-10-27(11-9-15)20(28)7-6-14-4-2-1-3-5-14/h1-7,12-13,15H,8-11H2,(H,25,26,29)/b7-6+. The largest absolute Gasteiger partial charge is 0.339 e. The van der Waals surface area contributed by atoms with Crippen LogP contribution in [0.3, 0.4) is 0 Å². The average Bonchev–Trinajstić information content (AvgIpc) is 3.14. The van der Waals surface area contributed by atoms with Crippen molar-refractivity contribution >= 4 is 44.6 Å². The van der Waals surface area contributed by atoms with Gasteiger partial charge in [0.2, 0.25) is 11.8 Å². The zero-order valence-corrected chi connectivity index (χ0v) is 16.8. The van der Waals surface area contributed by atoms with Gasteiger partial charge in [0.25, 0.3) is 0 Å². The Bertz CT molecular complexity index is 1070. The van der Waals surface area contributed by atoms with Gasteiger partial charge in [0.15, 0.2) is 16.8 Å². The van der Waals surface area contributed by atoms with Crippen LogP contribution in [-0.4, -0.2) is 34.8 Å². The first-order valence-corrected chi connectivity index (χ1v) is 10.4. The zero-order valence-electron chi connectivity index (χ0n) is 16.0. The van der Waals surface area contributed by atoms with E-state index < -0.39 is 11.6 Å². The van der Waals surface area contributed by atoms with Gasteiger partial charge in [-0.3, -0.25) is 9.59 Å². The van der Waals surface area contributed by atoms with Crippen LogP contribution in [0.1, 0.15) is 18.4 Å². The first kappa shape index (κ1) is 20.2. The van der Waals surface area contributed by atoms with E-state index >= 15 is 0 Å². The number of nitrogens with zero attached hydrogens (tertiary/aromatic N) is 2. The van der Waals surface area contributed by atoms with E-state index in [1.807, 2.05) is 30.3 Å². The van der Waals surface area contributed by atoms with E-state index in [0.29, 0.717) is 41.3 Å². The summed E-state index contributed by atoms with van der Waals surface area (Å²) in [5.41, 5.74) is 1.26. The highest BCUT2D eigenvalue weighted by atomic mass is 32.1. The minimum atomic E-state index is -0.968. The number of benzene rings is 2. The fourth-order valence-corrected chi connectivity index (χ4v) is 4.26. The first-order chi connectivity index (χ1) is 14.5. The fraction of sp³-hybridized carbons (Fsp3) is 0.227. The second kappa shape index (κ2) is 8.71. The summed E-state index contributed by atoms with van der Waals surface area (Å²) in [4.78, 5) is 30.8. The second-order valence-corrected chi connectivity index (χ2v) is 8.12. The number of thiazole rings is 1. The lowest BCUT2D eigenvalue weighted by molar-refractivity contribution is -0.130. The van der Waals surface area contributed by atoms with Gasteiger partial charge in [-0.15, -0.1) is 0 Å². The number of rotatable bonds is 4. The van der Waals surface area contributed by atoms with Crippen LogP contribution < -0.4 is 5.32 Å². The molecule has 0 bridgehead atoms. The smallest absolute Gasteiger partial charge is 0.246 e. The third-order valence-corrected chi connectivity index (χ3v) is 5.99. The normalized spacial score (nSPS) is 15.1. The Morgan fingerprint density at radius 3 is 2.53 bits per heavy atom. The highest BCUT2D eigenvalue weighted by molar-refractivity contribution is 7.22. The summed E-state index contributed by atoms with van der Waals surface area (Å²) in [5.74, 6) is -2.42. The summed E-state index contributed by atoms with van der Waals surface area (Å²) in [6, 6.07) is 11.7. The van der Waals surface area contributed by atoms with Crippen LogP contribution in [0.15, 0.2) is 48.5 Å². The minimum Gasteiger partial charge on any atom is -0.339 e. The van der Waals surface area contributed by atoms with Crippen molar-refractivity contribution in [3.8, 4) is 0 Å². The van der Waals surface area contributed by atoms with Crippen LogP contribution in [0.5, 0.6) is 0 Å². The van der Waals surface area contributed by atoms with Gasteiger partial charge in [0.05, 0.1) is 10.2 Å². The summed E-state index contributed by atoms with van der Waals surface area (Å²) < 4.78 is 27.1. The average molecular weight is 427 g/mol. The molecule has 1 aliphatic rings. The number of piperidine rings is 1. The Balaban J connectivity index is 1.32. The monoisotopic (exact) mass is 427 g/mol. The van der Waals surface area contributed by atoms with Crippen LogP contribution >= 0.6 is 11.3 Å². The van der Waals surface area contributed by atoms with Gasteiger partial charge in [0.1, 0.15) is 0 Å². The number of halogens is 2. The zero-order chi connectivity index (χ0) is 21.1. The molecule has 1 fully saturated rings. The highest BCUT2D eigenvalue weighted by Gasteiger charge is 2.27. The number of hydrogen-bond acceptors (Lipinski definition) is 4. The molecule has 0 saturated carbocycles. The predicted octanol–water partition coefficient (Wildman–Crippen LogP) is 4.47. The topological polar surface area (TPSA) is 62.3 Å². The molecule has 2 aromatic carbocycles. The number of aromatic nitrogens is 1. The number of carbonyl (C=O) groups is 2. The predicted molar refractivity (Wildman–Crippen MR) is 113 cm³/mol. The molecule has 0 unspecified atom stereocenters. The first-order valence-electron chi connectivity index (χ1n) is 9.58. The van der Waals surface area contributed by atoms with Crippen molar-refractivity contribution in [1.29, 1.82) is 0 Å². The van der Waals surface area contributed by atoms with E-state index in [0.717, 1.165) is 29.0 Å². The number of amides is 2. The Morgan fingerprint density at radius 2 is 1.80 bits per heavy atom. The number of carbonyl (C=O) groups excluding carboxylic acids is 2. The molecule has 0 radical (unpaired) electrons. The molecule has 0 aliphatic carbocycles. The molecule has 8 heteroatoms. The number of nitrogens with one attached hydrogen (secondary N) is 1. The maximum atomic E-state index is 13.3. The molecule has 1 aliphatic heterocycles. The third-order valence-electron chi connectivity index (χ3n) is 5.06. The number of hydrogen-bond donors (Lipinski definition) is 1. The number of likely N-dealkylation sites (tertiary alicyclic amines) is 1. The van der Waals surface area contributed by atoms with Gasteiger partial charge in [-0.1, -0.05) is 41.7 Å². The SMILES string of the molecule is O=C(Nc1nc2cc(F)c(F)cc2s1)C1CCN(C(=O)/C=C/c2ccccc2)CC1. The molecule has 154 valence electrons. The molecule has 1 saturated heterocycles. The summed E-state index contributed by atoms with van der Waals surface area (Å²) >= 11 is 1.10. The van der Waals surface area contributed by atoms with Crippen molar-refractivity contribution < 1.29 is 18.4 Å². The fourth-order valence-electron chi connectivity index (χ4n) is 3.38. The summed E-state index contributed by atoms with van der Waals surface area (Å²) in [7, 11) is 0. The molecule has 1 aromatic heterocycles. The van der Waals surface area contributed by atoms with Crippen LogP contribution in [0.4, 0.5) is 13.9 Å². The van der Waals surface area contributed by atoms with Gasteiger partial charge >= 0.3 is 0 Å². The molecular weight excluding hydrogens is 408 g/mol. The van der Waals surface area contributed by atoms with Gasteiger partial charge in [-0.05, 0) is 30.5 Å². The third kappa shape index (κ3) is 4.54. The highest BCUT2D eigenvalue weighted by Crippen LogP contribution is 2.29. The van der Waals surface area contributed by atoms with Crippen molar-refractivity contribution in [3.05, 3.63) is 65.7 Å². The Hall–Kier alpha value is -3.13. The van der Waals surface area contributed by atoms with Crippen molar-refractivity contribution in [3.63, 3.8) is 0 Å². The molecule has 3 aromatic rings. The van der Waals surface area contributed by atoms with Crippen LogP contribution in [0, 0.1) is 17.6 Å². The number of fused-ring (bicyclic) bond motifs is 1. The molecule has 1 N–H and O–H groups in total. The molecule has 0 atom stereocenters. The van der Waals surface area contributed by atoms with E-state index in [-0.39, 0.29) is 17.7 Å². The van der Waals surface area contributed by atoms with E-state index in [2.05, 4.69) is 10.3 Å².